The third-order valence-corrected chi connectivity index (χ3v) is 5.62. The van der Waals surface area contributed by atoms with Crippen molar-refractivity contribution < 1.29 is 28.5 Å². The van der Waals surface area contributed by atoms with E-state index in [0.29, 0.717) is 26.3 Å². The molecule has 3 rings (SSSR count). The summed E-state index contributed by atoms with van der Waals surface area (Å²) in [6.45, 7) is 2.82. The van der Waals surface area contributed by atoms with Gasteiger partial charge in [-0.3, -0.25) is 4.90 Å². The molecule has 0 saturated heterocycles. The van der Waals surface area contributed by atoms with E-state index in [1.807, 2.05) is 80.8 Å². The molecule has 3 aromatic carbocycles. The first kappa shape index (κ1) is 28.8. The van der Waals surface area contributed by atoms with Gasteiger partial charge in [-0.25, -0.2) is 4.79 Å². The summed E-state index contributed by atoms with van der Waals surface area (Å²) in [6.07, 6.45) is -0.423. The maximum absolute atomic E-state index is 13.0. The van der Waals surface area contributed by atoms with Crippen LogP contribution in [-0.4, -0.2) is 70.6 Å². The lowest BCUT2D eigenvalue weighted by atomic mass is 10.1. The van der Waals surface area contributed by atoms with Gasteiger partial charge in [-0.2, -0.15) is 0 Å². The lowest BCUT2D eigenvalue weighted by Gasteiger charge is -2.23. The molecule has 0 aromatic heterocycles. The van der Waals surface area contributed by atoms with Crippen LogP contribution >= 0.6 is 0 Å². The van der Waals surface area contributed by atoms with Crippen molar-refractivity contribution in [2.45, 2.75) is 19.6 Å². The SMILES string of the molecule is COc1cccc(CN(Cc2cccc(OC)c2)C(=O)OCCOCCOc2cccc(CN(C)C)c2)c1. The van der Waals surface area contributed by atoms with Crippen LogP contribution in [0.5, 0.6) is 17.2 Å². The fourth-order valence-corrected chi connectivity index (χ4v) is 3.87. The number of ether oxygens (including phenoxy) is 5. The van der Waals surface area contributed by atoms with Crippen molar-refractivity contribution in [2.75, 3.05) is 54.7 Å². The summed E-state index contributed by atoms with van der Waals surface area (Å²) >= 11 is 0. The predicted octanol–water partition coefficient (Wildman–Crippen LogP) is 5.00. The van der Waals surface area contributed by atoms with Gasteiger partial charge in [0.25, 0.3) is 0 Å². The van der Waals surface area contributed by atoms with E-state index in [1.165, 1.54) is 5.56 Å². The van der Waals surface area contributed by atoms with Gasteiger partial charge in [-0.05, 0) is 67.2 Å². The molecule has 8 heteroatoms. The van der Waals surface area contributed by atoms with Gasteiger partial charge >= 0.3 is 6.09 Å². The smallest absolute Gasteiger partial charge is 0.410 e. The topological polar surface area (TPSA) is 69.7 Å². The Morgan fingerprint density at radius 3 is 1.71 bits per heavy atom. The Morgan fingerprint density at radius 1 is 0.658 bits per heavy atom. The molecule has 204 valence electrons. The minimum atomic E-state index is -0.423. The molecule has 0 atom stereocenters. The zero-order chi connectivity index (χ0) is 27.2. The Hall–Kier alpha value is -3.75. The molecule has 3 aromatic rings. The number of amides is 1. The molecule has 0 spiro atoms. The van der Waals surface area contributed by atoms with Gasteiger partial charge in [0.2, 0.25) is 0 Å². The summed E-state index contributed by atoms with van der Waals surface area (Å²) in [5.74, 6) is 2.28. The summed E-state index contributed by atoms with van der Waals surface area (Å²) in [5, 5.41) is 0. The molecule has 0 N–H and O–H groups in total. The molecule has 38 heavy (non-hydrogen) atoms. The minimum Gasteiger partial charge on any atom is -0.497 e. The van der Waals surface area contributed by atoms with Gasteiger partial charge in [0.05, 0.1) is 27.4 Å². The van der Waals surface area contributed by atoms with Gasteiger partial charge in [0.15, 0.2) is 0 Å². The van der Waals surface area contributed by atoms with E-state index in [4.69, 9.17) is 23.7 Å². The van der Waals surface area contributed by atoms with Crippen molar-refractivity contribution in [3.05, 3.63) is 89.5 Å². The first-order valence-electron chi connectivity index (χ1n) is 12.6. The first-order valence-corrected chi connectivity index (χ1v) is 12.6. The second-order valence-corrected chi connectivity index (χ2v) is 9.02. The third kappa shape index (κ3) is 9.95. The van der Waals surface area contributed by atoms with E-state index in [0.717, 1.165) is 34.9 Å². The highest BCUT2D eigenvalue weighted by Crippen LogP contribution is 2.19. The predicted molar refractivity (Wildman–Crippen MR) is 147 cm³/mol. The van der Waals surface area contributed by atoms with E-state index in [-0.39, 0.29) is 13.2 Å². The Morgan fingerprint density at radius 2 is 1.16 bits per heavy atom. The van der Waals surface area contributed by atoms with Gasteiger partial charge in [-0.1, -0.05) is 36.4 Å². The minimum absolute atomic E-state index is 0.143. The number of methoxy groups -OCH3 is 2. The van der Waals surface area contributed by atoms with Crippen LogP contribution in [0.1, 0.15) is 16.7 Å². The number of nitrogens with zero attached hydrogens (tertiary/aromatic N) is 2. The van der Waals surface area contributed by atoms with Crippen LogP contribution in [0.3, 0.4) is 0 Å². The number of carbonyl (C=O) groups excluding carboxylic acids is 1. The van der Waals surface area contributed by atoms with E-state index >= 15 is 0 Å². The fourth-order valence-electron chi connectivity index (χ4n) is 3.87. The molecule has 1 amide bonds. The molecule has 0 radical (unpaired) electrons. The maximum Gasteiger partial charge on any atom is 0.410 e. The summed E-state index contributed by atoms with van der Waals surface area (Å²) in [7, 11) is 7.31. The van der Waals surface area contributed by atoms with E-state index < -0.39 is 6.09 Å². The number of benzene rings is 3. The summed E-state index contributed by atoms with van der Waals surface area (Å²) in [6, 6.07) is 23.3. The highest BCUT2D eigenvalue weighted by molar-refractivity contribution is 5.67. The zero-order valence-corrected chi connectivity index (χ0v) is 22.7. The second kappa shape index (κ2) is 15.5. The van der Waals surface area contributed by atoms with Crippen LogP contribution in [0.15, 0.2) is 72.8 Å². The Balaban J connectivity index is 1.47. The van der Waals surface area contributed by atoms with Crippen molar-refractivity contribution in [2.24, 2.45) is 0 Å². The van der Waals surface area contributed by atoms with Crippen LogP contribution in [0.25, 0.3) is 0 Å². The highest BCUT2D eigenvalue weighted by atomic mass is 16.6. The fraction of sp³-hybridized carbons (Fsp3) is 0.367. The number of hydrogen-bond donors (Lipinski definition) is 0. The molecule has 0 fully saturated rings. The van der Waals surface area contributed by atoms with Gasteiger partial charge in [-0.15, -0.1) is 0 Å². The molecule has 0 saturated carbocycles. The number of rotatable bonds is 15. The van der Waals surface area contributed by atoms with Crippen LogP contribution in [-0.2, 0) is 29.1 Å². The number of carbonyl (C=O) groups is 1. The van der Waals surface area contributed by atoms with E-state index in [9.17, 15) is 4.79 Å². The zero-order valence-electron chi connectivity index (χ0n) is 22.7. The molecular weight excluding hydrogens is 484 g/mol. The molecular formula is C30H38N2O6. The van der Waals surface area contributed by atoms with Crippen molar-refractivity contribution in [3.63, 3.8) is 0 Å². The average molecular weight is 523 g/mol. The van der Waals surface area contributed by atoms with E-state index in [1.54, 1.807) is 19.1 Å². The summed E-state index contributed by atoms with van der Waals surface area (Å²) in [4.78, 5) is 16.8. The second-order valence-electron chi connectivity index (χ2n) is 9.02. The average Bonchev–Trinajstić information content (AvgIpc) is 2.92. The van der Waals surface area contributed by atoms with Crippen molar-refractivity contribution >= 4 is 6.09 Å². The van der Waals surface area contributed by atoms with Crippen LogP contribution in [0, 0.1) is 0 Å². The number of hydrogen-bond acceptors (Lipinski definition) is 7. The molecule has 0 aliphatic rings. The molecule has 8 nitrogen and oxygen atoms in total. The lowest BCUT2D eigenvalue weighted by Crippen LogP contribution is -2.31. The highest BCUT2D eigenvalue weighted by Gasteiger charge is 2.17. The Labute approximate surface area is 225 Å². The monoisotopic (exact) mass is 522 g/mol. The molecule has 0 aliphatic carbocycles. The normalized spacial score (nSPS) is 10.8. The standard InChI is InChI=1S/C30H38N2O6/c1-31(2)21-24-8-7-13-29(20-24)37-16-14-36-15-17-38-30(33)32(22-25-9-5-11-27(18-25)34-3)23-26-10-6-12-28(19-26)35-4/h5-13,18-20H,14-17,21-23H2,1-4H3. The van der Waals surface area contributed by atoms with Crippen LogP contribution < -0.4 is 14.2 Å². The first-order chi connectivity index (χ1) is 18.5. The Bertz CT molecular complexity index is 1090. The van der Waals surface area contributed by atoms with Crippen molar-refractivity contribution in [3.8, 4) is 17.2 Å². The van der Waals surface area contributed by atoms with Gasteiger partial charge in [0, 0.05) is 19.6 Å². The molecule has 0 bridgehead atoms. The summed E-state index contributed by atoms with van der Waals surface area (Å²) < 4.78 is 27.6. The van der Waals surface area contributed by atoms with Crippen LogP contribution in [0.2, 0.25) is 0 Å². The molecule has 0 aliphatic heterocycles. The third-order valence-electron chi connectivity index (χ3n) is 5.62. The van der Waals surface area contributed by atoms with Crippen molar-refractivity contribution in [1.29, 1.82) is 0 Å². The molecule has 0 unspecified atom stereocenters. The quantitative estimate of drug-likeness (QED) is 0.260. The maximum atomic E-state index is 13.0. The largest absolute Gasteiger partial charge is 0.497 e. The van der Waals surface area contributed by atoms with Gasteiger partial charge in [0.1, 0.15) is 30.5 Å². The summed E-state index contributed by atoms with van der Waals surface area (Å²) in [5.41, 5.74) is 3.06. The Kier molecular flexibility index (Phi) is 11.7. The molecule has 0 heterocycles. The van der Waals surface area contributed by atoms with Gasteiger partial charge < -0.3 is 28.6 Å². The van der Waals surface area contributed by atoms with E-state index in [2.05, 4.69) is 11.0 Å². The van der Waals surface area contributed by atoms with Crippen molar-refractivity contribution in [1.82, 2.24) is 9.80 Å². The lowest BCUT2D eigenvalue weighted by molar-refractivity contribution is 0.0426. The van der Waals surface area contributed by atoms with Crippen LogP contribution in [0.4, 0.5) is 4.79 Å².